The van der Waals surface area contributed by atoms with Crippen molar-refractivity contribution in [1.82, 2.24) is 4.98 Å². The number of aromatic amines is 1. The summed E-state index contributed by atoms with van der Waals surface area (Å²) < 4.78 is 16.1. The minimum absolute atomic E-state index is 0.243. The van der Waals surface area contributed by atoms with Gasteiger partial charge in [-0.1, -0.05) is 35.2 Å². The Labute approximate surface area is 248 Å². The molecule has 0 aliphatic carbocycles. The normalized spacial score (nSPS) is 19.2. The van der Waals surface area contributed by atoms with E-state index in [0.717, 1.165) is 11.3 Å². The van der Waals surface area contributed by atoms with Crippen LogP contribution >= 0.6 is 23.1 Å². The first-order valence-corrected chi connectivity index (χ1v) is 14.6. The molecule has 3 aromatic carbocycles. The molecule has 0 bridgehead atoms. The van der Waals surface area contributed by atoms with E-state index >= 15 is 0 Å². The third kappa shape index (κ3) is 5.14. The largest absolute Gasteiger partial charge is 0.497 e. The Morgan fingerprint density at radius 1 is 0.905 bits per heavy atom. The molecule has 1 saturated heterocycles. The van der Waals surface area contributed by atoms with E-state index in [1.54, 1.807) is 80.9 Å². The molecule has 0 radical (unpaired) electrons. The van der Waals surface area contributed by atoms with E-state index in [-0.39, 0.29) is 29.2 Å². The fourth-order valence-corrected chi connectivity index (χ4v) is 7.70. The molecule has 2 aliphatic rings. The van der Waals surface area contributed by atoms with Gasteiger partial charge in [-0.25, -0.2) is 4.90 Å². The molecule has 4 aromatic rings. The van der Waals surface area contributed by atoms with Gasteiger partial charge in [0.1, 0.15) is 22.5 Å². The quantitative estimate of drug-likeness (QED) is 0.286. The van der Waals surface area contributed by atoms with Gasteiger partial charge in [0.2, 0.25) is 11.8 Å². The van der Waals surface area contributed by atoms with Crippen molar-refractivity contribution in [2.45, 2.75) is 16.2 Å². The third-order valence-electron chi connectivity index (χ3n) is 7.12. The summed E-state index contributed by atoms with van der Waals surface area (Å²) in [5, 5.41) is 2.63. The average Bonchev–Trinajstić information content (AvgIpc) is 3.50. The molecule has 3 amide bonds. The molecular weight excluding hydrogens is 578 g/mol. The number of ether oxygens (including phenoxy) is 3. The number of anilines is 2. The lowest BCUT2D eigenvalue weighted by Gasteiger charge is -2.30. The molecule has 42 heavy (non-hydrogen) atoms. The fourth-order valence-electron chi connectivity index (χ4n) is 5.18. The van der Waals surface area contributed by atoms with Gasteiger partial charge in [0.25, 0.3) is 5.91 Å². The van der Waals surface area contributed by atoms with Crippen molar-refractivity contribution in [3.63, 3.8) is 0 Å². The third-order valence-corrected chi connectivity index (χ3v) is 9.52. The van der Waals surface area contributed by atoms with Crippen LogP contribution in [0, 0.1) is 5.92 Å². The second-order valence-corrected chi connectivity index (χ2v) is 11.8. The van der Waals surface area contributed by atoms with E-state index in [1.165, 1.54) is 16.7 Å². The van der Waals surface area contributed by atoms with Gasteiger partial charge in [0.15, 0.2) is 6.61 Å². The van der Waals surface area contributed by atoms with Gasteiger partial charge in [0, 0.05) is 16.5 Å². The lowest BCUT2D eigenvalue weighted by molar-refractivity contribution is -0.122. The number of imide groups is 1. The Morgan fingerprint density at radius 2 is 1.60 bits per heavy atom. The number of benzene rings is 3. The number of carbonyl (C=O) groups is 3. The number of nitrogens with zero attached hydrogens (tertiary/aromatic N) is 1. The number of hydrogen-bond acceptors (Lipinski definition) is 9. The number of H-pyrrole nitrogens is 1. The monoisotopic (exact) mass is 603 g/mol. The predicted octanol–water partition coefficient (Wildman–Crippen LogP) is 4.27. The molecule has 0 spiro atoms. The number of thiazole rings is 1. The number of aromatic nitrogens is 1. The molecule has 214 valence electrons. The van der Waals surface area contributed by atoms with Crippen LogP contribution in [0.2, 0.25) is 0 Å². The second kappa shape index (κ2) is 11.4. The van der Waals surface area contributed by atoms with Crippen LogP contribution in [0.1, 0.15) is 16.4 Å². The van der Waals surface area contributed by atoms with Crippen LogP contribution in [-0.4, -0.2) is 48.8 Å². The maximum absolute atomic E-state index is 13.9. The van der Waals surface area contributed by atoms with Crippen LogP contribution in [-0.2, 0) is 14.4 Å². The summed E-state index contributed by atoms with van der Waals surface area (Å²) in [6, 6.07) is 20.7. The van der Waals surface area contributed by atoms with Crippen molar-refractivity contribution in [1.29, 1.82) is 0 Å². The van der Waals surface area contributed by atoms with E-state index in [0.29, 0.717) is 44.1 Å². The Bertz CT molecular complexity index is 1720. The summed E-state index contributed by atoms with van der Waals surface area (Å²) in [4.78, 5) is 56.9. The maximum Gasteiger partial charge on any atom is 0.305 e. The highest BCUT2D eigenvalue weighted by Crippen LogP contribution is 2.53. The first kappa shape index (κ1) is 27.6. The van der Waals surface area contributed by atoms with Gasteiger partial charge < -0.3 is 24.5 Å². The van der Waals surface area contributed by atoms with Crippen molar-refractivity contribution in [3.8, 4) is 17.2 Å². The molecule has 0 saturated carbocycles. The van der Waals surface area contributed by atoms with Crippen LogP contribution in [0.15, 0.2) is 82.6 Å². The van der Waals surface area contributed by atoms with Gasteiger partial charge in [-0.3, -0.25) is 19.2 Å². The van der Waals surface area contributed by atoms with Gasteiger partial charge in [-0.2, -0.15) is 0 Å². The number of rotatable bonds is 8. The number of hydrogen-bond donors (Lipinski definition) is 2. The summed E-state index contributed by atoms with van der Waals surface area (Å²) >= 11 is 2.24. The topological polar surface area (TPSA) is 127 Å². The van der Waals surface area contributed by atoms with Gasteiger partial charge in [-0.15, -0.1) is 0 Å². The standard InChI is InChI=1S/C30H25N3O7S2/c1-38-19-10-6-17(7-11-19)31-22(34)15-40-21-5-3-4-16(14-21)23-24-26(41-27-25(23)42-30(37)32-27)29(36)33(28(24)35)18-8-12-20(39-2)13-9-18/h3-14,23-24,26H,15H2,1-2H3,(H,31,34)(H,32,37)/t23-,24?,26?/m1/s1. The molecule has 1 aromatic heterocycles. The van der Waals surface area contributed by atoms with E-state index in [4.69, 9.17) is 14.2 Å². The minimum atomic E-state index is -0.739. The van der Waals surface area contributed by atoms with Crippen molar-refractivity contribution >= 4 is 52.2 Å². The fraction of sp³-hybridized carbons (Fsp3) is 0.200. The van der Waals surface area contributed by atoms with Crippen LogP contribution < -0.4 is 29.3 Å². The zero-order chi connectivity index (χ0) is 29.4. The summed E-state index contributed by atoms with van der Waals surface area (Å²) in [6.07, 6.45) is 0. The number of carbonyl (C=O) groups excluding carboxylic acids is 3. The zero-order valence-corrected chi connectivity index (χ0v) is 24.1. The number of nitrogens with one attached hydrogen (secondary N) is 2. The molecule has 2 unspecified atom stereocenters. The Hall–Kier alpha value is -4.55. The van der Waals surface area contributed by atoms with Crippen molar-refractivity contribution in [2.75, 3.05) is 31.0 Å². The molecule has 2 N–H and O–H groups in total. The van der Waals surface area contributed by atoms with Crippen LogP contribution in [0.4, 0.5) is 11.4 Å². The van der Waals surface area contributed by atoms with Crippen LogP contribution in [0.3, 0.4) is 0 Å². The molecule has 12 heteroatoms. The van der Waals surface area contributed by atoms with Crippen LogP contribution in [0.25, 0.3) is 0 Å². The Kier molecular flexibility index (Phi) is 7.48. The summed E-state index contributed by atoms with van der Waals surface area (Å²) in [5.41, 5.74) is 1.76. The Morgan fingerprint density at radius 3 is 2.29 bits per heavy atom. The maximum atomic E-state index is 13.9. The highest BCUT2D eigenvalue weighted by Gasteiger charge is 2.56. The molecule has 10 nitrogen and oxygen atoms in total. The first-order valence-electron chi connectivity index (χ1n) is 12.9. The molecule has 1 fully saturated rings. The number of methoxy groups -OCH3 is 2. The van der Waals surface area contributed by atoms with E-state index in [9.17, 15) is 19.2 Å². The molecular formula is C30H25N3O7S2. The first-order chi connectivity index (χ1) is 20.4. The van der Waals surface area contributed by atoms with E-state index in [2.05, 4.69) is 10.3 Å². The molecule has 2 aliphatic heterocycles. The molecule has 3 atom stereocenters. The second-order valence-electron chi connectivity index (χ2n) is 9.60. The number of fused-ring (bicyclic) bond motifs is 2. The van der Waals surface area contributed by atoms with Crippen molar-refractivity contribution in [3.05, 3.63) is 92.9 Å². The SMILES string of the molecule is COc1ccc(NC(=O)COc2cccc([C@H]3c4sc(=O)[nH]c4SC4C(=O)N(c5ccc(OC)cc5)C(=O)C43)c2)cc1. The zero-order valence-electron chi connectivity index (χ0n) is 22.5. The highest BCUT2D eigenvalue weighted by molar-refractivity contribution is 8.00. The van der Waals surface area contributed by atoms with Gasteiger partial charge in [-0.05, 0) is 66.2 Å². The van der Waals surface area contributed by atoms with Crippen molar-refractivity contribution in [2.24, 2.45) is 5.92 Å². The Balaban J connectivity index is 1.26. The minimum Gasteiger partial charge on any atom is -0.497 e. The van der Waals surface area contributed by atoms with Crippen LogP contribution in [0.5, 0.6) is 17.2 Å². The number of amides is 3. The van der Waals surface area contributed by atoms with E-state index < -0.39 is 17.1 Å². The lowest BCUT2D eigenvalue weighted by Crippen LogP contribution is -2.32. The summed E-state index contributed by atoms with van der Waals surface area (Å²) in [5.74, 6) is -0.636. The smallest absolute Gasteiger partial charge is 0.305 e. The molecule has 3 heterocycles. The average molecular weight is 604 g/mol. The summed E-state index contributed by atoms with van der Waals surface area (Å²) in [6.45, 7) is -0.243. The van der Waals surface area contributed by atoms with E-state index in [1.807, 2.05) is 6.07 Å². The molecule has 6 rings (SSSR count). The highest BCUT2D eigenvalue weighted by atomic mass is 32.2. The summed E-state index contributed by atoms with van der Waals surface area (Å²) in [7, 11) is 3.11. The predicted molar refractivity (Wildman–Crippen MR) is 159 cm³/mol. The number of thioether (sulfide) groups is 1. The van der Waals surface area contributed by atoms with Gasteiger partial charge in [0.05, 0.1) is 30.9 Å². The van der Waals surface area contributed by atoms with Crippen molar-refractivity contribution < 1.29 is 28.6 Å². The van der Waals surface area contributed by atoms with Gasteiger partial charge >= 0.3 is 4.87 Å². The lowest BCUT2D eigenvalue weighted by atomic mass is 9.83.